The van der Waals surface area contributed by atoms with Gasteiger partial charge in [-0.05, 0) is 73.0 Å². The van der Waals surface area contributed by atoms with Crippen molar-refractivity contribution in [3.63, 3.8) is 0 Å². The molecule has 0 bridgehead atoms. The first-order valence-corrected chi connectivity index (χ1v) is 9.06. The third kappa shape index (κ3) is 3.37. The highest BCUT2D eigenvalue weighted by atomic mass is 19.1. The smallest absolute Gasteiger partial charge is 0.266 e. The van der Waals surface area contributed by atoms with E-state index in [9.17, 15) is 9.18 Å². The average molecular weight is 370 g/mol. The third-order valence-electron chi connectivity index (χ3n) is 4.82. The minimum atomic E-state index is -0.305. The molecule has 0 atom stereocenters. The Bertz CT molecular complexity index is 1270. The maximum absolute atomic E-state index is 13.5. The standard InChI is InChI=1S/C24H19FN2O/c1-16-10-12-20(14-17(16)2)27-23(13-11-18-6-5-7-19(25)15-18)26-22-9-4-3-8-21(22)24(27)28/h3-15H,1-2H3. The molecular formula is C24H19FN2O. The lowest BCUT2D eigenvalue weighted by atomic mass is 10.1. The average Bonchev–Trinajstić information content (AvgIpc) is 2.69. The summed E-state index contributed by atoms with van der Waals surface area (Å²) in [6.07, 6.45) is 3.51. The Morgan fingerprint density at radius 2 is 1.71 bits per heavy atom. The molecule has 28 heavy (non-hydrogen) atoms. The molecule has 3 nitrogen and oxygen atoms in total. The molecule has 0 aliphatic heterocycles. The van der Waals surface area contributed by atoms with Gasteiger partial charge in [-0.3, -0.25) is 9.36 Å². The number of aromatic nitrogens is 2. The van der Waals surface area contributed by atoms with Crippen LogP contribution in [-0.2, 0) is 0 Å². The van der Waals surface area contributed by atoms with Gasteiger partial charge in [-0.2, -0.15) is 0 Å². The van der Waals surface area contributed by atoms with Gasteiger partial charge in [0.1, 0.15) is 11.6 Å². The number of halogens is 1. The number of hydrogen-bond acceptors (Lipinski definition) is 2. The minimum absolute atomic E-state index is 0.132. The van der Waals surface area contributed by atoms with Crippen molar-refractivity contribution >= 4 is 23.1 Å². The van der Waals surface area contributed by atoms with Crippen molar-refractivity contribution in [1.82, 2.24) is 9.55 Å². The van der Waals surface area contributed by atoms with Crippen LogP contribution in [0.4, 0.5) is 4.39 Å². The fraction of sp³-hybridized carbons (Fsp3) is 0.0833. The zero-order valence-corrected chi connectivity index (χ0v) is 15.7. The predicted molar refractivity (Wildman–Crippen MR) is 112 cm³/mol. The van der Waals surface area contributed by atoms with E-state index in [4.69, 9.17) is 0 Å². The quantitative estimate of drug-likeness (QED) is 0.490. The largest absolute Gasteiger partial charge is 0.268 e. The summed E-state index contributed by atoms with van der Waals surface area (Å²) in [4.78, 5) is 17.9. The maximum Gasteiger partial charge on any atom is 0.266 e. The first-order valence-electron chi connectivity index (χ1n) is 9.06. The summed E-state index contributed by atoms with van der Waals surface area (Å²) in [6.45, 7) is 4.05. The molecule has 0 aliphatic rings. The molecular weight excluding hydrogens is 351 g/mol. The Hall–Kier alpha value is -3.53. The van der Waals surface area contributed by atoms with Gasteiger partial charge in [0, 0.05) is 0 Å². The fourth-order valence-corrected chi connectivity index (χ4v) is 3.16. The van der Waals surface area contributed by atoms with Gasteiger partial charge < -0.3 is 0 Å². The van der Waals surface area contributed by atoms with Crippen LogP contribution in [0.15, 0.2) is 71.5 Å². The molecule has 0 unspecified atom stereocenters. The van der Waals surface area contributed by atoms with Gasteiger partial charge in [-0.25, -0.2) is 9.37 Å². The van der Waals surface area contributed by atoms with E-state index in [2.05, 4.69) is 4.98 Å². The summed E-state index contributed by atoms with van der Waals surface area (Å²) in [5, 5.41) is 0.559. The maximum atomic E-state index is 13.5. The van der Waals surface area contributed by atoms with Gasteiger partial charge in [-0.1, -0.05) is 36.4 Å². The molecule has 0 amide bonds. The second-order valence-electron chi connectivity index (χ2n) is 6.78. The Balaban J connectivity index is 1.95. The predicted octanol–water partition coefficient (Wildman–Crippen LogP) is 5.31. The molecule has 0 saturated carbocycles. The molecule has 1 heterocycles. The van der Waals surface area contributed by atoms with Crippen molar-refractivity contribution in [2.45, 2.75) is 13.8 Å². The third-order valence-corrected chi connectivity index (χ3v) is 4.82. The summed E-state index contributed by atoms with van der Waals surface area (Å²) in [5.41, 5.74) is 4.21. The number of rotatable bonds is 3. The van der Waals surface area contributed by atoms with E-state index in [1.54, 1.807) is 34.9 Å². The summed E-state index contributed by atoms with van der Waals surface area (Å²) in [5.74, 6) is 0.191. The molecule has 138 valence electrons. The van der Waals surface area contributed by atoms with Crippen LogP contribution in [0.25, 0.3) is 28.7 Å². The molecule has 4 heteroatoms. The van der Waals surface area contributed by atoms with Crippen molar-refractivity contribution < 1.29 is 4.39 Å². The van der Waals surface area contributed by atoms with E-state index < -0.39 is 0 Å². The van der Waals surface area contributed by atoms with Gasteiger partial charge in [0.15, 0.2) is 0 Å². The highest BCUT2D eigenvalue weighted by Gasteiger charge is 2.11. The zero-order chi connectivity index (χ0) is 19.7. The van der Waals surface area contributed by atoms with E-state index in [1.165, 1.54) is 12.1 Å². The lowest BCUT2D eigenvalue weighted by molar-refractivity contribution is 0.627. The van der Waals surface area contributed by atoms with Crippen LogP contribution in [0.2, 0.25) is 0 Å². The number of para-hydroxylation sites is 1. The number of benzene rings is 3. The summed E-state index contributed by atoms with van der Waals surface area (Å²) in [7, 11) is 0. The molecule has 0 aliphatic carbocycles. The highest BCUT2D eigenvalue weighted by molar-refractivity contribution is 5.80. The Morgan fingerprint density at radius 1 is 0.893 bits per heavy atom. The second-order valence-corrected chi connectivity index (χ2v) is 6.78. The molecule has 4 rings (SSSR count). The van der Waals surface area contributed by atoms with Crippen molar-refractivity contribution in [2.75, 3.05) is 0 Å². The van der Waals surface area contributed by atoms with E-state index in [0.717, 1.165) is 16.8 Å². The van der Waals surface area contributed by atoms with E-state index >= 15 is 0 Å². The lowest BCUT2D eigenvalue weighted by Crippen LogP contribution is -2.22. The second kappa shape index (κ2) is 7.24. The number of nitrogens with zero attached hydrogens (tertiary/aromatic N) is 2. The monoisotopic (exact) mass is 370 g/mol. The Kier molecular flexibility index (Phi) is 4.62. The van der Waals surface area contributed by atoms with Crippen LogP contribution in [0.3, 0.4) is 0 Å². The number of fused-ring (bicyclic) bond motifs is 1. The molecule has 0 N–H and O–H groups in total. The lowest BCUT2D eigenvalue weighted by Gasteiger charge is -2.13. The number of aryl methyl sites for hydroxylation is 2. The van der Waals surface area contributed by atoms with Crippen LogP contribution in [-0.4, -0.2) is 9.55 Å². The van der Waals surface area contributed by atoms with Crippen LogP contribution in [0.5, 0.6) is 0 Å². The van der Waals surface area contributed by atoms with Crippen LogP contribution >= 0.6 is 0 Å². The minimum Gasteiger partial charge on any atom is -0.268 e. The number of hydrogen-bond donors (Lipinski definition) is 0. The molecule has 0 radical (unpaired) electrons. The summed E-state index contributed by atoms with van der Waals surface area (Å²) < 4.78 is 15.1. The van der Waals surface area contributed by atoms with E-state index in [0.29, 0.717) is 22.3 Å². The SMILES string of the molecule is Cc1ccc(-n2c(C=Cc3cccc(F)c3)nc3ccccc3c2=O)cc1C. The molecule has 0 fully saturated rings. The van der Waals surface area contributed by atoms with Crippen molar-refractivity contribution in [3.05, 3.63) is 105 Å². The molecule has 0 spiro atoms. The summed E-state index contributed by atoms with van der Waals surface area (Å²) in [6, 6.07) is 19.5. The van der Waals surface area contributed by atoms with Gasteiger partial charge in [-0.15, -0.1) is 0 Å². The highest BCUT2D eigenvalue weighted by Crippen LogP contribution is 2.18. The van der Waals surface area contributed by atoms with E-state index in [1.807, 2.05) is 50.2 Å². The van der Waals surface area contributed by atoms with Gasteiger partial charge in [0.2, 0.25) is 0 Å². The molecule has 1 aromatic heterocycles. The van der Waals surface area contributed by atoms with Crippen molar-refractivity contribution in [1.29, 1.82) is 0 Å². The Labute approximate surface area is 162 Å². The van der Waals surface area contributed by atoms with Crippen LogP contribution in [0.1, 0.15) is 22.5 Å². The van der Waals surface area contributed by atoms with Crippen LogP contribution < -0.4 is 5.56 Å². The normalized spacial score (nSPS) is 11.4. The van der Waals surface area contributed by atoms with Crippen LogP contribution in [0, 0.1) is 19.7 Å². The Morgan fingerprint density at radius 3 is 2.50 bits per heavy atom. The fourth-order valence-electron chi connectivity index (χ4n) is 3.16. The van der Waals surface area contributed by atoms with Gasteiger partial charge in [0.25, 0.3) is 5.56 Å². The van der Waals surface area contributed by atoms with Crippen molar-refractivity contribution in [3.8, 4) is 5.69 Å². The van der Waals surface area contributed by atoms with E-state index in [-0.39, 0.29) is 11.4 Å². The van der Waals surface area contributed by atoms with Gasteiger partial charge in [0.05, 0.1) is 16.6 Å². The first-order chi connectivity index (χ1) is 13.5. The topological polar surface area (TPSA) is 34.9 Å². The first kappa shape index (κ1) is 17.9. The van der Waals surface area contributed by atoms with Crippen molar-refractivity contribution in [2.24, 2.45) is 0 Å². The molecule has 4 aromatic rings. The van der Waals surface area contributed by atoms with Gasteiger partial charge >= 0.3 is 0 Å². The molecule has 0 saturated heterocycles. The summed E-state index contributed by atoms with van der Waals surface area (Å²) >= 11 is 0. The zero-order valence-electron chi connectivity index (χ0n) is 15.7. The molecule has 3 aromatic carbocycles.